The van der Waals surface area contributed by atoms with Gasteiger partial charge in [-0.25, -0.2) is 0 Å². The van der Waals surface area contributed by atoms with Crippen molar-refractivity contribution in [3.63, 3.8) is 0 Å². The van der Waals surface area contributed by atoms with Gasteiger partial charge in [0.15, 0.2) is 0 Å². The Hall–Kier alpha value is -2.36. The number of aromatic nitrogens is 2. The molecule has 0 spiro atoms. The molecule has 4 heteroatoms. The minimum absolute atomic E-state index is 0.145. The molecule has 1 amide bonds. The van der Waals surface area contributed by atoms with E-state index in [-0.39, 0.29) is 5.91 Å². The van der Waals surface area contributed by atoms with Crippen molar-refractivity contribution < 1.29 is 4.79 Å². The Labute approximate surface area is 131 Å². The molecule has 1 heterocycles. The molecule has 1 aromatic carbocycles. The molecule has 22 heavy (non-hydrogen) atoms. The first-order valence-electron chi connectivity index (χ1n) is 7.50. The molecule has 0 saturated carbocycles. The quantitative estimate of drug-likeness (QED) is 0.862. The number of nitrogens with zero attached hydrogens (tertiary/aromatic N) is 1. The van der Waals surface area contributed by atoms with Gasteiger partial charge in [0.1, 0.15) is 0 Å². The highest BCUT2D eigenvalue weighted by molar-refractivity contribution is 6.07. The minimum Gasteiger partial charge on any atom is -0.321 e. The number of hydrogen-bond acceptors (Lipinski definition) is 2. The zero-order valence-electron chi connectivity index (χ0n) is 13.7. The molecule has 0 radical (unpaired) electrons. The number of H-pyrrole nitrogens is 1. The number of hydrogen-bond donors (Lipinski definition) is 2. The maximum Gasteiger partial charge on any atom is 0.259 e. The Morgan fingerprint density at radius 3 is 2.59 bits per heavy atom. The van der Waals surface area contributed by atoms with Crippen LogP contribution in [0.25, 0.3) is 5.57 Å². The molecule has 0 aliphatic rings. The van der Waals surface area contributed by atoms with Crippen molar-refractivity contribution in [1.29, 1.82) is 0 Å². The number of allylic oxidation sites excluding steroid dienone is 1. The van der Waals surface area contributed by atoms with E-state index in [0.29, 0.717) is 17.2 Å². The van der Waals surface area contributed by atoms with E-state index in [1.54, 1.807) is 0 Å². The first-order valence-corrected chi connectivity index (χ1v) is 7.50. The van der Waals surface area contributed by atoms with E-state index in [1.807, 2.05) is 38.1 Å². The number of aryl methyl sites for hydroxylation is 2. The Bertz CT molecular complexity index is 679. The lowest BCUT2D eigenvalue weighted by molar-refractivity contribution is 0.102. The van der Waals surface area contributed by atoms with Crippen molar-refractivity contribution in [2.45, 2.75) is 34.1 Å². The van der Waals surface area contributed by atoms with Crippen LogP contribution in [0.1, 0.15) is 47.6 Å². The second-order valence-electron chi connectivity index (χ2n) is 6.01. The monoisotopic (exact) mass is 297 g/mol. The second-order valence-corrected chi connectivity index (χ2v) is 6.01. The van der Waals surface area contributed by atoms with Gasteiger partial charge in [0, 0.05) is 16.9 Å². The molecule has 0 fully saturated rings. The predicted molar refractivity (Wildman–Crippen MR) is 90.9 cm³/mol. The molecule has 0 aliphatic carbocycles. The maximum atomic E-state index is 12.5. The first kappa shape index (κ1) is 16.0. The number of aromatic amines is 1. The van der Waals surface area contributed by atoms with Gasteiger partial charge in [-0.15, -0.1) is 0 Å². The average molecular weight is 297 g/mol. The third kappa shape index (κ3) is 3.45. The Kier molecular flexibility index (Phi) is 4.81. The Morgan fingerprint density at radius 1 is 1.32 bits per heavy atom. The largest absolute Gasteiger partial charge is 0.321 e. The SMILES string of the molecule is C=C(CC(C)C)c1ccccc1NC(=O)c1c(C)n[nH]c1C. The molecule has 0 unspecified atom stereocenters. The van der Waals surface area contributed by atoms with Crippen molar-refractivity contribution in [1.82, 2.24) is 10.2 Å². The molecule has 4 nitrogen and oxygen atoms in total. The Morgan fingerprint density at radius 2 is 2.00 bits per heavy atom. The summed E-state index contributed by atoms with van der Waals surface area (Å²) in [5.74, 6) is 0.378. The summed E-state index contributed by atoms with van der Waals surface area (Å²) in [5, 5.41) is 9.90. The van der Waals surface area contributed by atoms with Gasteiger partial charge in [-0.1, -0.05) is 38.6 Å². The van der Waals surface area contributed by atoms with E-state index in [1.165, 1.54) is 0 Å². The standard InChI is InChI=1S/C18H23N3O/c1-11(2)10-12(3)15-8-6-7-9-16(15)19-18(22)17-13(4)20-21-14(17)5/h6-9,11H,3,10H2,1-2,4-5H3,(H,19,22)(H,20,21). The molecule has 116 valence electrons. The zero-order valence-corrected chi connectivity index (χ0v) is 13.7. The number of amides is 1. The van der Waals surface area contributed by atoms with E-state index in [4.69, 9.17) is 0 Å². The van der Waals surface area contributed by atoms with Gasteiger partial charge in [0.25, 0.3) is 5.91 Å². The van der Waals surface area contributed by atoms with Gasteiger partial charge < -0.3 is 5.32 Å². The van der Waals surface area contributed by atoms with Crippen molar-refractivity contribution >= 4 is 17.2 Å². The zero-order chi connectivity index (χ0) is 16.3. The fraction of sp³-hybridized carbons (Fsp3) is 0.333. The smallest absolute Gasteiger partial charge is 0.259 e. The molecular weight excluding hydrogens is 274 g/mol. The van der Waals surface area contributed by atoms with Gasteiger partial charge >= 0.3 is 0 Å². The average Bonchev–Trinajstić information content (AvgIpc) is 2.78. The summed E-state index contributed by atoms with van der Waals surface area (Å²) in [7, 11) is 0. The fourth-order valence-corrected chi connectivity index (χ4v) is 2.57. The number of anilines is 1. The number of carbonyl (C=O) groups excluding carboxylic acids is 1. The van der Waals surface area contributed by atoms with E-state index >= 15 is 0 Å². The second kappa shape index (κ2) is 6.60. The normalized spacial score (nSPS) is 10.8. The summed E-state index contributed by atoms with van der Waals surface area (Å²) in [6.45, 7) is 12.1. The lowest BCUT2D eigenvalue weighted by Gasteiger charge is -2.14. The van der Waals surface area contributed by atoms with Crippen LogP contribution in [0.2, 0.25) is 0 Å². The summed E-state index contributed by atoms with van der Waals surface area (Å²) in [6, 6.07) is 7.78. The molecular formula is C18H23N3O. The van der Waals surface area contributed by atoms with Crippen LogP contribution in [0, 0.1) is 19.8 Å². The molecule has 2 rings (SSSR count). The van der Waals surface area contributed by atoms with Crippen LogP contribution in [-0.2, 0) is 0 Å². The highest BCUT2D eigenvalue weighted by Gasteiger charge is 2.17. The minimum atomic E-state index is -0.145. The number of carbonyl (C=O) groups is 1. The van der Waals surface area contributed by atoms with Crippen LogP contribution < -0.4 is 5.32 Å². The highest BCUT2D eigenvalue weighted by atomic mass is 16.1. The lowest BCUT2D eigenvalue weighted by Crippen LogP contribution is -2.15. The molecule has 0 saturated heterocycles. The third-order valence-corrected chi connectivity index (χ3v) is 3.57. The number of rotatable bonds is 5. The van der Waals surface area contributed by atoms with E-state index < -0.39 is 0 Å². The van der Waals surface area contributed by atoms with Crippen LogP contribution >= 0.6 is 0 Å². The highest BCUT2D eigenvalue weighted by Crippen LogP contribution is 2.28. The van der Waals surface area contributed by atoms with Gasteiger partial charge in [0.05, 0.1) is 11.3 Å². The summed E-state index contributed by atoms with van der Waals surface area (Å²) >= 11 is 0. The third-order valence-electron chi connectivity index (χ3n) is 3.57. The molecule has 2 aromatic rings. The van der Waals surface area contributed by atoms with Crippen molar-refractivity contribution in [3.8, 4) is 0 Å². The lowest BCUT2D eigenvalue weighted by atomic mass is 9.96. The van der Waals surface area contributed by atoms with Gasteiger partial charge in [-0.3, -0.25) is 9.89 Å². The van der Waals surface area contributed by atoms with E-state index in [9.17, 15) is 4.79 Å². The van der Waals surface area contributed by atoms with Crippen LogP contribution in [0.15, 0.2) is 30.8 Å². The molecule has 0 bridgehead atoms. The number of benzene rings is 1. The van der Waals surface area contributed by atoms with Crippen molar-refractivity contribution in [3.05, 3.63) is 53.4 Å². The van der Waals surface area contributed by atoms with Crippen LogP contribution in [0.5, 0.6) is 0 Å². The van der Waals surface area contributed by atoms with Crippen LogP contribution in [0.3, 0.4) is 0 Å². The maximum absolute atomic E-state index is 12.5. The van der Waals surface area contributed by atoms with E-state index in [0.717, 1.165) is 28.9 Å². The molecule has 1 aromatic heterocycles. The summed E-state index contributed by atoms with van der Waals surface area (Å²) < 4.78 is 0. The molecule has 2 N–H and O–H groups in total. The topological polar surface area (TPSA) is 57.8 Å². The van der Waals surface area contributed by atoms with Crippen molar-refractivity contribution in [2.24, 2.45) is 5.92 Å². The summed E-state index contributed by atoms with van der Waals surface area (Å²) in [4.78, 5) is 12.5. The molecule has 0 aliphatic heterocycles. The number of para-hydroxylation sites is 1. The summed E-state index contributed by atoms with van der Waals surface area (Å²) in [6.07, 6.45) is 0.899. The van der Waals surface area contributed by atoms with Crippen LogP contribution in [-0.4, -0.2) is 16.1 Å². The summed E-state index contributed by atoms with van der Waals surface area (Å²) in [5.41, 5.74) is 4.89. The van der Waals surface area contributed by atoms with Crippen molar-refractivity contribution in [2.75, 3.05) is 5.32 Å². The van der Waals surface area contributed by atoms with Gasteiger partial charge in [-0.2, -0.15) is 5.10 Å². The number of nitrogens with one attached hydrogen (secondary N) is 2. The first-order chi connectivity index (χ1) is 10.4. The Balaban J connectivity index is 2.27. The van der Waals surface area contributed by atoms with Crippen LogP contribution in [0.4, 0.5) is 5.69 Å². The predicted octanol–water partition coefficient (Wildman–Crippen LogP) is 4.34. The fourth-order valence-electron chi connectivity index (χ4n) is 2.57. The van der Waals surface area contributed by atoms with Gasteiger partial charge in [0.2, 0.25) is 0 Å². The van der Waals surface area contributed by atoms with E-state index in [2.05, 4.69) is 35.9 Å². The van der Waals surface area contributed by atoms with Gasteiger partial charge in [-0.05, 0) is 37.8 Å². The molecule has 0 atom stereocenters.